The molecule has 1 rings (SSSR count). The zero-order valence-electron chi connectivity index (χ0n) is 11.4. The first-order valence-electron chi connectivity index (χ1n) is 6.10. The van der Waals surface area contributed by atoms with Gasteiger partial charge in [-0.1, -0.05) is 0 Å². The third-order valence-corrected chi connectivity index (χ3v) is 3.55. The van der Waals surface area contributed by atoms with E-state index >= 15 is 0 Å². The molecule has 0 bridgehead atoms. The molecule has 0 saturated heterocycles. The first-order valence-corrected chi connectivity index (χ1v) is 6.92. The molecule has 0 aliphatic carbocycles. The van der Waals surface area contributed by atoms with Crippen molar-refractivity contribution in [3.63, 3.8) is 0 Å². The molecule has 0 spiro atoms. The summed E-state index contributed by atoms with van der Waals surface area (Å²) in [6.45, 7) is 8.19. The van der Waals surface area contributed by atoms with Gasteiger partial charge in [0.25, 0.3) is 0 Å². The van der Waals surface area contributed by atoms with Crippen LogP contribution in [0.15, 0.2) is 12.1 Å². The van der Waals surface area contributed by atoms with Crippen LogP contribution in [0.3, 0.4) is 0 Å². The Morgan fingerprint density at radius 1 is 1.44 bits per heavy atom. The van der Waals surface area contributed by atoms with E-state index in [-0.39, 0.29) is 11.6 Å². The summed E-state index contributed by atoms with van der Waals surface area (Å²) < 4.78 is 0. The van der Waals surface area contributed by atoms with Gasteiger partial charge in [-0.25, -0.2) is 4.79 Å². The summed E-state index contributed by atoms with van der Waals surface area (Å²) in [4.78, 5) is 13.6. The normalized spacial score (nSPS) is 13.2. The number of rotatable bonds is 4. The maximum Gasteiger partial charge on any atom is 0.315 e. The minimum Gasteiger partial charge on any atom is -0.388 e. The van der Waals surface area contributed by atoms with E-state index in [0.717, 1.165) is 11.3 Å². The Balaban J connectivity index is 2.31. The van der Waals surface area contributed by atoms with E-state index in [1.807, 2.05) is 32.9 Å². The lowest BCUT2D eigenvalue weighted by Gasteiger charge is -2.20. The van der Waals surface area contributed by atoms with Gasteiger partial charge in [-0.3, -0.25) is 0 Å². The Hall–Kier alpha value is -1.07. The molecule has 0 unspecified atom stereocenters. The van der Waals surface area contributed by atoms with Crippen LogP contribution in [0, 0.1) is 0 Å². The highest BCUT2D eigenvalue weighted by molar-refractivity contribution is 7.12. The van der Waals surface area contributed by atoms with E-state index in [1.165, 1.54) is 4.88 Å². The topological polar surface area (TPSA) is 61.4 Å². The summed E-state index contributed by atoms with van der Waals surface area (Å²) in [5.74, 6) is 0. The Labute approximate surface area is 112 Å². The SMILES string of the molecule is C[C@@H](O)c1ccc(CCNC(=O)NC(C)(C)C)s1. The summed E-state index contributed by atoms with van der Waals surface area (Å²) in [6.07, 6.45) is 0.371. The van der Waals surface area contributed by atoms with Gasteiger partial charge in [0.1, 0.15) is 0 Å². The third kappa shape index (κ3) is 5.51. The summed E-state index contributed by atoms with van der Waals surface area (Å²) in [5, 5.41) is 15.1. The monoisotopic (exact) mass is 270 g/mol. The number of urea groups is 1. The second-order valence-corrected chi connectivity index (χ2v) is 6.56. The van der Waals surface area contributed by atoms with Gasteiger partial charge < -0.3 is 15.7 Å². The van der Waals surface area contributed by atoms with Gasteiger partial charge in [0, 0.05) is 21.8 Å². The highest BCUT2D eigenvalue weighted by Crippen LogP contribution is 2.22. The zero-order valence-corrected chi connectivity index (χ0v) is 12.2. The van der Waals surface area contributed by atoms with Gasteiger partial charge in [-0.2, -0.15) is 0 Å². The van der Waals surface area contributed by atoms with Crippen LogP contribution in [0.1, 0.15) is 43.6 Å². The first-order chi connectivity index (χ1) is 8.28. The van der Waals surface area contributed by atoms with E-state index in [2.05, 4.69) is 10.6 Å². The largest absolute Gasteiger partial charge is 0.388 e. The van der Waals surface area contributed by atoms with Gasteiger partial charge in [-0.05, 0) is 46.2 Å². The molecule has 0 fully saturated rings. The fraction of sp³-hybridized carbons (Fsp3) is 0.615. The molecule has 0 saturated carbocycles. The lowest BCUT2D eigenvalue weighted by Crippen LogP contribution is -2.46. The van der Waals surface area contributed by atoms with Crippen molar-refractivity contribution in [2.45, 2.75) is 45.8 Å². The van der Waals surface area contributed by atoms with Crippen molar-refractivity contribution in [3.05, 3.63) is 21.9 Å². The lowest BCUT2D eigenvalue weighted by molar-refractivity contribution is 0.203. The molecular weight excluding hydrogens is 248 g/mol. The van der Waals surface area contributed by atoms with Crippen LogP contribution >= 0.6 is 11.3 Å². The zero-order chi connectivity index (χ0) is 13.8. The molecule has 5 heteroatoms. The molecule has 1 heterocycles. The predicted molar refractivity (Wildman–Crippen MR) is 74.9 cm³/mol. The minimum atomic E-state index is -0.416. The Bertz CT molecular complexity index is 394. The molecule has 0 aliphatic heterocycles. The number of aliphatic hydroxyl groups is 1. The van der Waals surface area contributed by atoms with Gasteiger partial charge in [0.15, 0.2) is 0 Å². The molecule has 0 aromatic carbocycles. The van der Waals surface area contributed by atoms with Gasteiger partial charge in [0.2, 0.25) is 0 Å². The van der Waals surface area contributed by atoms with Crippen LogP contribution < -0.4 is 10.6 Å². The molecule has 4 nitrogen and oxygen atoms in total. The van der Waals surface area contributed by atoms with Crippen LogP contribution in [0.25, 0.3) is 0 Å². The fourth-order valence-corrected chi connectivity index (χ4v) is 2.39. The van der Waals surface area contributed by atoms with Gasteiger partial charge >= 0.3 is 6.03 Å². The van der Waals surface area contributed by atoms with Crippen molar-refractivity contribution in [2.24, 2.45) is 0 Å². The Morgan fingerprint density at radius 2 is 2.11 bits per heavy atom. The minimum absolute atomic E-state index is 0.144. The maximum atomic E-state index is 11.5. The second-order valence-electron chi connectivity index (χ2n) is 5.36. The number of carbonyl (C=O) groups is 1. The number of carbonyl (C=O) groups excluding carboxylic acids is 1. The first kappa shape index (κ1) is 15.0. The molecular formula is C13H22N2O2S. The molecule has 0 aliphatic rings. The lowest BCUT2D eigenvalue weighted by atomic mass is 10.1. The van der Waals surface area contributed by atoms with Crippen molar-refractivity contribution in [1.82, 2.24) is 10.6 Å². The van der Waals surface area contributed by atoms with Crippen LogP contribution in [0.4, 0.5) is 4.79 Å². The molecule has 18 heavy (non-hydrogen) atoms. The smallest absolute Gasteiger partial charge is 0.315 e. The number of amides is 2. The van der Waals surface area contributed by atoms with Crippen LogP contribution in [-0.4, -0.2) is 23.2 Å². The number of nitrogens with one attached hydrogen (secondary N) is 2. The van der Waals surface area contributed by atoms with Crippen molar-refractivity contribution in [1.29, 1.82) is 0 Å². The van der Waals surface area contributed by atoms with Crippen LogP contribution in [0.2, 0.25) is 0 Å². The number of hydrogen-bond donors (Lipinski definition) is 3. The second kappa shape index (κ2) is 6.20. The summed E-state index contributed by atoms with van der Waals surface area (Å²) in [6, 6.07) is 3.78. The highest BCUT2D eigenvalue weighted by atomic mass is 32.1. The summed E-state index contributed by atoms with van der Waals surface area (Å²) in [7, 11) is 0. The molecule has 1 aromatic rings. The summed E-state index contributed by atoms with van der Waals surface area (Å²) in [5.41, 5.74) is -0.216. The molecule has 1 atom stereocenters. The number of thiophene rings is 1. The molecule has 3 N–H and O–H groups in total. The van der Waals surface area contributed by atoms with Gasteiger partial charge in [-0.15, -0.1) is 11.3 Å². The fourth-order valence-electron chi connectivity index (χ4n) is 1.44. The van der Waals surface area contributed by atoms with E-state index in [0.29, 0.717) is 6.54 Å². The maximum absolute atomic E-state index is 11.5. The molecule has 102 valence electrons. The average Bonchev–Trinajstić information content (AvgIpc) is 2.63. The third-order valence-electron chi connectivity index (χ3n) is 2.24. The molecule has 0 radical (unpaired) electrons. The van der Waals surface area contributed by atoms with Crippen LogP contribution in [-0.2, 0) is 6.42 Å². The predicted octanol–water partition coefficient (Wildman–Crippen LogP) is 2.44. The Morgan fingerprint density at radius 3 is 2.61 bits per heavy atom. The Kier molecular flexibility index (Phi) is 5.16. The van der Waals surface area contributed by atoms with E-state index in [9.17, 15) is 9.90 Å². The average molecular weight is 270 g/mol. The van der Waals surface area contributed by atoms with Crippen molar-refractivity contribution in [3.8, 4) is 0 Å². The summed E-state index contributed by atoms with van der Waals surface area (Å²) >= 11 is 1.58. The van der Waals surface area contributed by atoms with Crippen LogP contribution in [0.5, 0.6) is 0 Å². The number of hydrogen-bond acceptors (Lipinski definition) is 3. The van der Waals surface area contributed by atoms with Crippen molar-refractivity contribution >= 4 is 17.4 Å². The van der Waals surface area contributed by atoms with E-state index in [4.69, 9.17) is 0 Å². The van der Waals surface area contributed by atoms with E-state index in [1.54, 1.807) is 18.3 Å². The number of aliphatic hydroxyl groups excluding tert-OH is 1. The molecule has 2 amide bonds. The standard InChI is InChI=1S/C13H22N2O2S/c1-9(16)11-6-5-10(18-11)7-8-14-12(17)15-13(2,3)4/h5-6,9,16H,7-8H2,1-4H3,(H2,14,15,17)/t9-/m1/s1. The quantitative estimate of drug-likeness (QED) is 0.787. The van der Waals surface area contributed by atoms with Gasteiger partial charge in [0.05, 0.1) is 6.10 Å². The van der Waals surface area contributed by atoms with Crippen molar-refractivity contribution in [2.75, 3.05) is 6.54 Å². The van der Waals surface area contributed by atoms with Crippen molar-refractivity contribution < 1.29 is 9.90 Å². The highest BCUT2D eigenvalue weighted by Gasteiger charge is 2.13. The van der Waals surface area contributed by atoms with E-state index < -0.39 is 6.10 Å². The molecule has 1 aromatic heterocycles.